The van der Waals surface area contributed by atoms with Gasteiger partial charge < -0.3 is 4.74 Å². The molecule has 0 aliphatic heterocycles. The van der Waals surface area contributed by atoms with Crippen molar-refractivity contribution in [2.24, 2.45) is 0 Å². The number of rotatable bonds is 8. The van der Waals surface area contributed by atoms with E-state index in [2.05, 4.69) is 51.8 Å². The maximum absolute atomic E-state index is 11.8. The third kappa shape index (κ3) is 4.59. The van der Waals surface area contributed by atoms with Gasteiger partial charge in [0.25, 0.3) is 0 Å². The largest absolute Gasteiger partial charge is 0.385 e. The number of methoxy groups -OCH3 is 1. The maximum atomic E-state index is 11.8. The Labute approximate surface area is 154 Å². The molecule has 0 aliphatic carbocycles. The van der Waals surface area contributed by atoms with Crippen LogP contribution in [-0.4, -0.2) is 33.5 Å². The lowest BCUT2D eigenvalue weighted by molar-refractivity contribution is 0.189. The van der Waals surface area contributed by atoms with Gasteiger partial charge in [-0.3, -0.25) is 4.57 Å². The molecule has 1 aromatic carbocycles. The fourth-order valence-electron chi connectivity index (χ4n) is 2.32. The summed E-state index contributed by atoms with van der Waals surface area (Å²) in [6.45, 7) is 3.29. The van der Waals surface area contributed by atoms with Gasteiger partial charge in [0, 0.05) is 37.0 Å². The average molecular weight is 377 g/mol. The summed E-state index contributed by atoms with van der Waals surface area (Å²) in [6.07, 6.45) is 0.776. The Hall–Kier alpha value is -1.90. The number of thioether (sulfide) groups is 1. The number of nitrogens with zero attached hydrogens (tertiary/aromatic N) is 3. The highest BCUT2D eigenvalue weighted by Crippen LogP contribution is 2.27. The molecule has 6 nitrogen and oxygen atoms in total. The standard InChI is InChI=1S/C17H20N4O2S2/c1-12-4-6-13(7-5-12)15-18-14(10-24-15)11-25-17-20-19-16(22)21(17)8-3-9-23-2/h4-7,10H,3,8-9,11H2,1-2H3,(H,19,22). The Morgan fingerprint density at radius 3 is 2.88 bits per heavy atom. The number of ether oxygens (including phenoxy) is 1. The molecule has 8 heteroatoms. The molecule has 0 bridgehead atoms. The minimum atomic E-state index is -0.183. The van der Waals surface area contributed by atoms with Crippen molar-refractivity contribution >= 4 is 23.1 Å². The molecular weight excluding hydrogens is 356 g/mol. The molecule has 0 atom stereocenters. The van der Waals surface area contributed by atoms with Crippen molar-refractivity contribution in [2.45, 2.75) is 30.8 Å². The van der Waals surface area contributed by atoms with Crippen molar-refractivity contribution in [1.82, 2.24) is 19.7 Å². The van der Waals surface area contributed by atoms with Gasteiger partial charge >= 0.3 is 5.69 Å². The highest BCUT2D eigenvalue weighted by Gasteiger charge is 2.11. The van der Waals surface area contributed by atoms with Crippen LogP contribution >= 0.6 is 23.1 Å². The SMILES string of the molecule is COCCCn1c(SCc2csc(-c3ccc(C)cc3)n2)n[nH]c1=O. The van der Waals surface area contributed by atoms with Crippen LogP contribution in [0.2, 0.25) is 0 Å². The first kappa shape index (κ1) is 17.9. The van der Waals surface area contributed by atoms with Gasteiger partial charge in [-0.2, -0.15) is 0 Å². The molecule has 0 radical (unpaired) electrons. The highest BCUT2D eigenvalue weighted by molar-refractivity contribution is 7.98. The van der Waals surface area contributed by atoms with Gasteiger partial charge in [-0.25, -0.2) is 14.9 Å². The molecule has 3 aromatic rings. The molecule has 0 unspecified atom stereocenters. The van der Waals surface area contributed by atoms with Crippen LogP contribution < -0.4 is 5.69 Å². The number of nitrogens with one attached hydrogen (secondary N) is 1. The highest BCUT2D eigenvalue weighted by atomic mass is 32.2. The Bertz CT molecular complexity index is 867. The van der Waals surface area contributed by atoms with E-state index in [1.54, 1.807) is 23.0 Å². The number of aromatic nitrogens is 4. The number of H-pyrrole nitrogens is 1. The van der Waals surface area contributed by atoms with E-state index in [1.165, 1.54) is 17.3 Å². The van der Waals surface area contributed by atoms with Crippen LogP contribution in [0.4, 0.5) is 0 Å². The molecule has 0 amide bonds. The van der Waals surface area contributed by atoms with Crippen LogP contribution in [0.5, 0.6) is 0 Å². The summed E-state index contributed by atoms with van der Waals surface area (Å²) in [4.78, 5) is 16.5. The normalized spacial score (nSPS) is 11.1. The van der Waals surface area contributed by atoms with Crippen LogP contribution in [0.3, 0.4) is 0 Å². The summed E-state index contributed by atoms with van der Waals surface area (Å²) >= 11 is 3.15. The van der Waals surface area contributed by atoms with Crippen molar-refractivity contribution in [3.63, 3.8) is 0 Å². The fraction of sp³-hybridized carbons (Fsp3) is 0.353. The van der Waals surface area contributed by atoms with E-state index < -0.39 is 0 Å². The summed E-state index contributed by atoms with van der Waals surface area (Å²) in [5, 5.41) is 10.4. The third-order valence-electron chi connectivity index (χ3n) is 3.65. The summed E-state index contributed by atoms with van der Waals surface area (Å²) in [5.41, 5.74) is 3.17. The average Bonchev–Trinajstić information content (AvgIpc) is 3.22. The lowest BCUT2D eigenvalue weighted by Crippen LogP contribution is -2.18. The zero-order valence-corrected chi connectivity index (χ0v) is 15.8. The zero-order chi connectivity index (χ0) is 17.6. The number of thiazole rings is 1. The number of hydrogen-bond donors (Lipinski definition) is 1. The Morgan fingerprint density at radius 1 is 1.32 bits per heavy atom. The first-order valence-corrected chi connectivity index (χ1v) is 9.82. The molecule has 0 spiro atoms. The predicted molar refractivity (Wildman–Crippen MR) is 101 cm³/mol. The van der Waals surface area contributed by atoms with Crippen molar-refractivity contribution in [1.29, 1.82) is 0 Å². The van der Waals surface area contributed by atoms with E-state index in [1.807, 2.05) is 0 Å². The van der Waals surface area contributed by atoms with E-state index in [9.17, 15) is 4.79 Å². The maximum Gasteiger partial charge on any atom is 0.343 e. The second kappa shape index (κ2) is 8.46. The van der Waals surface area contributed by atoms with Gasteiger partial charge in [0.05, 0.1) is 5.69 Å². The van der Waals surface area contributed by atoms with Gasteiger partial charge in [0.1, 0.15) is 5.01 Å². The van der Waals surface area contributed by atoms with E-state index in [-0.39, 0.29) is 5.69 Å². The molecule has 0 saturated carbocycles. The second-order valence-electron chi connectivity index (χ2n) is 5.61. The zero-order valence-electron chi connectivity index (χ0n) is 14.2. The first-order valence-electron chi connectivity index (χ1n) is 7.96. The third-order valence-corrected chi connectivity index (χ3v) is 5.60. The van der Waals surface area contributed by atoms with Crippen molar-refractivity contribution in [2.75, 3.05) is 13.7 Å². The molecule has 3 rings (SSSR count). The van der Waals surface area contributed by atoms with Gasteiger partial charge in [0.2, 0.25) is 0 Å². The molecule has 132 valence electrons. The van der Waals surface area contributed by atoms with E-state index in [4.69, 9.17) is 4.74 Å². The quantitative estimate of drug-likeness (QED) is 0.482. The molecule has 2 aromatic heterocycles. The van der Waals surface area contributed by atoms with Gasteiger partial charge in [-0.05, 0) is 13.3 Å². The minimum Gasteiger partial charge on any atom is -0.385 e. The molecule has 0 saturated heterocycles. The number of aromatic amines is 1. The molecule has 0 aliphatic rings. The van der Waals surface area contributed by atoms with Gasteiger partial charge in [0.15, 0.2) is 5.16 Å². The monoisotopic (exact) mass is 376 g/mol. The number of hydrogen-bond acceptors (Lipinski definition) is 6. The minimum absolute atomic E-state index is 0.183. The topological polar surface area (TPSA) is 72.8 Å². The Morgan fingerprint density at radius 2 is 2.12 bits per heavy atom. The molecule has 1 N–H and O–H groups in total. The van der Waals surface area contributed by atoms with E-state index in [0.717, 1.165) is 22.7 Å². The summed E-state index contributed by atoms with van der Waals surface area (Å²) in [7, 11) is 1.65. The molecular formula is C17H20N4O2S2. The number of aryl methyl sites for hydroxylation is 1. The lowest BCUT2D eigenvalue weighted by atomic mass is 10.2. The van der Waals surface area contributed by atoms with E-state index >= 15 is 0 Å². The van der Waals surface area contributed by atoms with Crippen LogP contribution in [0.1, 0.15) is 17.7 Å². The first-order chi connectivity index (χ1) is 12.2. The van der Waals surface area contributed by atoms with Crippen LogP contribution in [-0.2, 0) is 17.0 Å². The lowest BCUT2D eigenvalue weighted by Gasteiger charge is -2.04. The molecule has 2 heterocycles. The fourth-order valence-corrected chi connectivity index (χ4v) is 4.11. The van der Waals surface area contributed by atoms with Crippen molar-refractivity contribution in [3.8, 4) is 10.6 Å². The van der Waals surface area contributed by atoms with Crippen LogP contribution in [0, 0.1) is 6.92 Å². The number of benzene rings is 1. The van der Waals surface area contributed by atoms with E-state index in [0.29, 0.717) is 24.1 Å². The second-order valence-corrected chi connectivity index (χ2v) is 7.41. The Balaban J connectivity index is 1.65. The summed E-state index contributed by atoms with van der Waals surface area (Å²) in [5.74, 6) is 0.678. The Kier molecular flexibility index (Phi) is 6.06. The predicted octanol–water partition coefficient (Wildman–Crippen LogP) is 3.33. The molecule has 25 heavy (non-hydrogen) atoms. The van der Waals surface area contributed by atoms with Crippen LogP contribution in [0.25, 0.3) is 10.6 Å². The smallest absolute Gasteiger partial charge is 0.343 e. The summed E-state index contributed by atoms with van der Waals surface area (Å²) < 4.78 is 6.69. The summed E-state index contributed by atoms with van der Waals surface area (Å²) in [6, 6.07) is 8.36. The van der Waals surface area contributed by atoms with Crippen molar-refractivity contribution < 1.29 is 4.74 Å². The molecule has 0 fully saturated rings. The van der Waals surface area contributed by atoms with Gasteiger partial charge in [-0.1, -0.05) is 41.6 Å². The van der Waals surface area contributed by atoms with Crippen LogP contribution in [0.15, 0.2) is 39.6 Å². The van der Waals surface area contributed by atoms with Crippen molar-refractivity contribution in [3.05, 3.63) is 51.4 Å². The van der Waals surface area contributed by atoms with Gasteiger partial charge in [-0.15, -0.1) is 16.4 Å².